The Bertz CT molecular complexity index is 964. The minimum atomic E-state index is -1.19. The molecule has 1 fully saturated rings. The molecular formula is C23H35N7O6. The van der Waals surface area contributed by atoms with Crippen LogP contribution in [0.5, 0.6) is 5.75 Å². The fourth-order valence-corrected chi connectivity index (χ4v) is 3.87. The number of phenols is 1. The second-order valence-electron chi connectivity index (χ2n) is 8.75. The molecule has 4 atom stereocenters. The standard InChI is InChI=1S/C23H35N7O6/c1-13(22(35)36)28-20(33)18-5-3-11-30(18)21(34)17(12-14-6-8-15(31)9-7-14)29-19(32)16(24)4-2-10-27-23(25)26/h6-9,13,16-18,31H,2-5,10-12,24H2,1H3,(H,28,33)(H,29,32)(H,35,36)(H4,25,26,27). The number of carbonyl (C=O) groups is 4. The Balaban J connectivity index is 2.15. The lowest BCUT2D eigenvalue weighted by molar-refractivity contribution is -0.144. The van der Waals surface area contributed by atoms with Gasteiger partial charge in [0.15, 0.2) is 5.96 Å². The third-order valence-corrected chi connectivity index (χ3v) is 5.86. The molecule has 0 bridgehead atoms. The lowest BCUT2D eigenvalue weighted by Gasteiger charge is -2.30. The first kappa shape index (κ1) is 28.4. The highest BCUT2D eigenvalue weighted by Crippen LogP contribution is 2.20. The molecule has 1 aromatic rings. The Morgan fingerprint density at radius 2 is 1.83 bits per heavy atom. The van der Waals surface area contributed by atoms with Crippen LogP contribution in [0.3, 0.4) is 0 Å². The summed E-state index contributed by atoms with van der Waals surface area (Å²) in [5.74, 6) is -2.79. The van der Waals surface area contributed by atoms with Gasteiger partial charge in [0.2, 0.25) is 17.7 Å². The number of nitrogens with one attached hydrogen (secondary N) is 2. The van der Waals surface area contributed by atoms with Gasteiger partial charge in [-0.2, -0.15) is 0 Å². The molecule has 13 heteroatoms. The number of carboxylic acids is 1. The molecule has 0 spiro atoms. The van der Waals surface area contributed by atoms with Gasteiger partial charge in [-0.05, 0) is 50.3 Å². The molecule has 2 rings (SSSR count). The number of hydrogen-bond donors (Lipinski definition) is 7. The van der Waals surface area contributed by atoms with Crippen LogP contribution in [0.25, 0.3) is 0 Å². The Hall–Kier alpha value is -3.87. The van der Waals surface area contributed by atoms with E-state index in [2.05, 4.69) is 15.6 Å². The number of rotatable bonds is 12. The van der Waals surface area contributed by atoms with E-state index in [1.807, 2.05) is 0 Å². The average molecular weight is 506 g/mol. The average Bonchev–Trinajstić information content (AvgIpc) is 3.32. The summed E-state index contributed by atoms with van der Waals surface area (Å²) in [6, 6.07) is 2.27. The molecule has 0 aliphatic carbocycles. The number of nitrogens with two attached hydrogens (primary N) is 3. The highest BCUT2D eigenvalue weighted by Gasteiger charge is 2.38. The van der Waals surface area contributed by atoms with Crippen LogP contribution in [-0.2, 0) is 25.6 Å². The van der Waals surface area contributed by atoms with E-state index in [-0.39, 0.29) is 31.1 Å². The van der Waals surface area contributed by atoms with Crippen molar-refractivity contribution in [1.29, 1.82) is 0 Å². The minimum absolute atomic E-state index is 0.0530. The van der Waals surface area contributed by atoms with Gasteiger partial charge in [-0.25, -0.2) is 0 Å². The summed E-state index contributed by atoms with van der Waals surface area (Å²) < 4.78 is 0. The number of phenolic OH excluding ortho intramolecular Hbond substituents is 1. The topological polar surface area (TPSA) is 226 Å². The van der Waals surface area contributed by atoms with Crippen LogP contribution >= 0.6 is 0 Å². The molecule has 1 heterocycles. The minimum Gasteiger partial charge on any atom is -0.508 e. The van der Waals surface area contributed by atoms with Crippen LogP contribution < -0.4 is 27.8 Å². The van der Waals surface area contributed by atoms with Gasteiger partial charge < -0.3 is 42.9 Å². The summed E-state index contributed by atoms with van der Waals surface area (Å²) in [6.07, 6.45) is 1.76. The Morgan fingerprint density at radius 3 is 2.44 bits per heavy atom. The van der Waals surface area contributed by atoms with E-state index in [1.54, 1.807) is 12.1 Å². The lowest BCUT2D eigenvalue weighted by atomic mass is 10.0. The van der Waals surface area contributed by atoms with E-state index >= 15 is 0 Å². The van der Waals surface area contributed by atoms with Crippen molar-refractivity contribution in [2.75, 3.05) is 13.1 Å². The van der Waals surface area contributed by atoms with E-state index in [1.165, 1.54) is 24.0 Å². The lowest BCUT2D eigenvalue weighted by Crippen LogP contribution is -2.57. The van der Waals surface area contributed by atoms with Crippen LogP contribution in [0, 0.1) is 0 Å². The van der Waals surface area contributed by atoms with Crippen LogP contribution in [0.15, 0.2) is 29.3 Å². The van der Waals surface area contributed by atoms with Gasteiger partial charge in [-0.1, -0.05) is 12.1 Å². The number of benzene rings is 1. The van der Waals surface area contributed by atoms with Gasteiger partial charge in [-0.15, -0.1) is 0 Å². The van der Waals surface area contributed by atoms with Crippen molar-refractivity contribution < 1.29 is 29.4 Å². The number of guanidine groups is 1. The number of carbonyl (C=O) groups excluding carboxylic acids is 3. The monoisotopic (exact) mass is 505 g/mol. The van der Waals surface area contributed by atoms with E-state index < -0.39 is 47.9 Å². The predicted molar refractivity (Wildman–Crippen MR) is 132 cm³/mol. The zero-order valence-corrected chi connectivity index (χ0v) is 20.2. The van der Waals surface area contributed by atoms with Crippen molar-refractivity contribution >= 4 is 29.7 Å². The Labute approximate surface area is 209 Å². The predicted octanol–water partition coefficient (Wildman–Crippen LogP) is -1.62. The molecule has 0 radical (unpaired) electrons. The van der Waals surface area contributed by atoms with Gasteiger partial charge >= 0.3 is 5.97 Å². The van der Waals surface area contributed by atoms with Crippen molar-refractivity contribution in [1.82, 2.24) is 15.5 Å². The number of amides is 3. The van der Waals surface area contributed by atoms with Gasteiger partial charge in [-0.3, -0.25) is 24.2 Å². The van der Waals surface area contributed by atoms with Gasteiger partial charge in [0.25, 0.3) is 0 Å². The van der Waals surface area contributed by atoms with Crippen molar-refractivity contribution in [3.63, 3.8) is 0 Å². The van der Waals surface area contributed by atoms with Crippen LogP contribution in [-0.4, -0.2) is 82.0 Å². The summed E-state index contributed by atoms with van der Waals surface area (Å²) in [5.41, 5.74) is 17.3. The number of carboxylic acid groups (broad SMARTS) is 1. The number of aliphatic carboxylic acids is 1. The van der Waals surface area contributed by atoms with Crippen LogP contribution in [0.1, 0.15) is 38.2 Å². The summed E-state index contributed by atoms with van der Waals surface area (Å²) >= 11 is 0. The fraction of sp³-hybridized carbons (Fsp3) is 0.522. The Morgan fingerprint density at radius 1 is 1.17 bits per heavy atom. The number of likely N-dealkylation sites (tertiary alicyclic amines) is 1. The SMILES string of the molecule is CC(NC(=O)C1CCCN1C(=O)C(Cc1ccc(O)cc1)NC(=O)C(N)CCCN=C(N)N)C(=O)O. The Kier molecular flexibility index (Phi) is 10.5. The second kappa shape index (κ2) is 13.3. The normalized spacial score (nSPS) is 17.5. The van der Waals surface area contributed by atoms with Crippen molar-refractivity contribution in [2.24, 2.45) is 22.2 Å². The van der Waals surface area contributed by atoms with E-state index in [9.17, 15) is 24.3 Å². The quantitative estimate of drug-likeness (QED) is 0.0982. The summed E-state index contributed by atoms with van der Waals surface area (Å²) in [7, 11) is 0. The van der Waals surface area contributed by atoms with Gasteiger partial charge in [0, 0.05) is 19.5 Å². The van der Waals surface area contributed by atoms with E-state index in [4.69, 9.17) is 22.3 Å². The zero-order valence-electron chi connectivity index (χ0n) is 20.2. The molecule has 13 nitrogen and oxygen atoms in total. The molecule has 1 saturated heterocycles. The maximum absolute atomic E-state index is 13.5. The van der Waals surface area contributed by atoms with Crippen LogP contribution in [0.2, 0.25) is 0 Å². The summed E-state index contributed by atoms with van der Waals surface area (Å²) in [5, 5.41) is 23.7. The molecule has 0 aromatic heterocycles. The number of hydrogen-bond acceptors (Lipinski definition) is 7. The van der Waals surface area contributed by atoms with Crippen molar-refractivity contribution in [3.05, 3.63) is 29.8 Å². The third-order valence-electron chi connectivity index (χ3n) is 5.86. The van der Waals surface area contributed by atoms with E-state index in [0.29, 0.717) is 31.4 Å². The third kappa shape index (κ3) is 8.41. The summed E-state index contributed by atoms with van der Waals surface area (Å²) in [6.45, 7) is 1.92. The molecule has 198 valence electrons. The molecule has 4 unspecified atom stereocenters. The molecule has 1 aliphatic heterocycles. The fourth-order valence-electron chi connectivity index (χ4n) is 3.87. The molecular weight excluding hydrogens is 470 g/mol. The van der Waals surface area contributed by atoms with E-state index in [0.717, 1.165) is 0 Å². The first-order valence-corrected chi connectivity index (χ1v) is 11.7. The largest absolute Gasteiger partial charge is 0.508 e. The summed E-state index contributed by atoms with van der Waals surface area (Å²) in [4.78, 5) is 55.3. The molecule has 36 heavy (non-hydrogen) atoms. The first-order chi connectivity index (χ1) is 17.0. The van der Waals surface area contributed by atoms with Gasteiger partial charge in [0.05, 0.1) is 6.04 Å². The molecule has 10 N–H and O–H groups in total. The molecule has 1 aromatic carbocycles. The zero-order chi connectivity index (χ0) is 26.8. The highest BCUT2D eigenvalue weighted by atomic mass is 16.4. The molecule has 1 aliphatic rings. The molecule has 0 saturated carbocycles. The first-order valence-electron chi connectivity index (χ1n) is 11.7. The van der Waals surface area contributed by atoms with Crippen LogP contribution in [0.4, 0.5) is 0 Å². The maximum Gasteiger partial charge on any atom is 0.325 e. The number of aliphatic imine (C=N–C) groups is 1. The molecule has 3 amide bonds. The smallest absolute Gasteiger partial charge is 0.325 e. The van der Waals surface area contributed by atoms with Crippen molar-refractivity contribution in [2.45, 2.75) is 63.2 Å². The number of nitrogens with zero attached hydrogens (tertiary/aromatic N) is 2. The number of aromatic hydroxyl groups is 1. The van der Waals surface area contributed by atoms with Gasteiger partial charge in [0.1, 0.15) is 23.9 Å². The van der Waals surface area contributed by atoms with Crippen molar-refractivity contribution in [3.8, 4) is 5.75 Å². The highest BCUT2D eigenvalue weighted by molar-refractivity contribution is 5.94. The maximum atomic E-state index is 13.5. The second-order valence-corrected chi connectivity index (χ2v) is 8.75.